The highest BCUT2D eigenvalue weighted by Crippen LogP contribution is 2.30. The highest BCUT2D eigenvalue weighted by Gasteiger charge is 2.25. The molecule has 29 heavy (non-hydrogen) atoms. The molecule has 1 aliphatic rings. The molecular formula is C23H25BrN4O. The molecule has 150 valence electrons. The van der Waals surface area contributed by atoms with Gasteiger partial charge in [-0.05, 0) is 48.9 Å². The van der Waals surface area contributed by atoms with Gasteiger partial charge in [0.2, 0.25) is 0 Å². The smallest absolute Gasteiger partial charge is 0.315 e. The number of halogens is 1. The average molecular weight is 453 g/mol. The molecule has 0 bridgehead atoms. The molecule has 0 saturated carbocycles. The van der Waals surface area contributed by atoms with Crippen molar-refractivity contribution in [2.45, 2.75) is 45.3 Å². The van der Waals surface area contributed by atoms with Crippen LogP contribution >= 0.6 is 15.9 Å². The molecule has 5 nitrogen and oxygen atoms in total. The fourth-order valence-electron chi connectivity index (χ4n) is 3.84. The van der Waals surface area contributed by atoms with Crippen molar-refractivity contribution in [1.29, 1.82) is 0 Å². The maximum atomic E-state index is 12.5. The van der Waals surface area contributed by atoms with Crippen LogP contribution < -0.4 is 10.6 Å². The molecule has 1 atom stereocenters. The molecule has 3 aromatic rings. The third kappa shape index (κ3) is 4.70. The molecule has 0 aliphatic heterocycles. The Labute approximate surface area is 179 Å². The summed E-state index contributed by atoms with van der Waals surface area (Å²) in [5.41, 5.74) is 5.85. The van der Waals surface area contributed by atoms with Crippen molar-refractivity contribution in [2.24, 2.45) is 0 Å². The van der Waals surface area contributed by atoms with Crippen molar-refractivity contribution in [3.05, 3.63) is 87.1 Å². The number of aryl methyl sites for hydroxylation is 1. The van der Waals surface area contributed by atoms with E-state index in [9.17, 15) is 4.79 Å². The first-order chi connectivity index (χ1) is 14.1. The summed E-state index contributed by atoms with van der Waals surface area (Å²) < 4.78 is 3.08. The Morgan fingerprint density at radius 1 is 1.24 bits per heavy atom. The Morgan fingerprint density at radius 3 is 2.86 bits per heavy atom. The standard InChI is InChI=1S/C23H25BrN4O/c1-16-10-11-18(20(24)12-16)13-25-23(29)27-21-8-5-9-22-19(21)14-26-28(22)15-17-6-3-2-4-7-17/h2-4,6-7,10-12,14,21H,5,8-9,13,15H2,1H3,(H2,25,27,29). The number of fused-ring (bicyclic) bond motifs is 1. The van der Waals surface area contributed by atoms with E-state index in [0.717, 1.165) is 41.4 Å². The van der Waals surface area contributed by atoms with Crippen molar-refractivity contribution in [3.63, 3.8) is 0 Å². The minimum atomic E-state index is -0.147. The van der Waals surface area contributed by atoms with Gasteiger partial charge in [0.05, 0.1) is 18.8 Å². The minimum absolute atomic E-state index is 0.00438. The summed E-state index contributed by atoms with van der Waals surface area (Å²) >= 11 is 3.56. The molecule has 0 fully saturated rings. The number of rotatable bonds is 5. The number of nitrogens with one attached hydrogen (secondary N) is 2. The van der Waals surface area contributed by atoms with Gasteiger partial charge in [-0.1, -0.05) is 58.4 Å². The van der Waals surface area contributed by atoms with E-state index >= 15 is 0 Å². The fraction of sp³-hybridized carbons (Fsp3) is 0.304. The van der Waals surface area contributed by atoms with E-state index in [0.29, 0.717) is 6.54 Å². The number of amides is 2. The third-order valence-electron chi connectivity index (χ3n) is 5.39. The normalized spacial score (nSPS) is 15.6. The van der Waals surface area contributed by atoms with Crippen LogP contribution in [-0.2, 0) is 19.5 Å². The molecule has 2 amide bonds. The maximum absolute atomic E-state index is 12.5. The predicted octanol–water partition coefficient (Wildman–Crippen LogP) is 4.88. The molecule has 1 aliphatic carbocycles. The van der Waals surface area contributed by atoms with Crippen LogP contribution in [0.4, 0.5) is 4.79 Å². The number of hydrogen-bond acceptors (Lipinski definition) is 2. The maximum Gasteiger partial charge on any atom is 0.315 e. The molecule has 0 spiro atoms. The predicted molar refractivity (Wildman–Crippen MR) is 118 cm³/mol. The largest absolute Gasteiger partial charge is 0.334 e. The number of nitrogens with zero attached hydrogens (tertiary/aromatic N) is 2. The van der Waals surface area contributed by atoms with Gasteiger partial charge in [0, 0.05) is 22.3 Å². The Kier molecular flexibility index (Phi) is 6.00. The molecule has 4 rings (SSSR count). The lowest BCUT2D eigenvalue weighted by Crippen LogP contribution is -2.38. The first kappa shape index (κ1) is 19.7. The highest BCUT2D eigenvalue weighted by molar-refractivity contribution is 9.10. The SMILES string of the molecule is Cc1ccc(CNC(=O)NC2CCCc3c2cnn3Cc2ccccc2)c(Br)c1. The van der Waals surface area contributed by atoms with Crippen LogP contribution in [0.2, 0.25) is 0 Å². The van der Waals surface area contributed by atoms with Gasteiger partial charge in [-0.3, -0.25) is 4.68 Å². The average Bonchev–Trinajstić information content (AvgIpc) is 3.12. The van der Waals surface area contributed by atoms with E-state index < -0.39 is 0 Å². The van der Waals surface area contributed by atoms with Crippen LogP contribution in [0.3, 0.4) is 0 Å². The zero-order valence-electron chi connectivity index (χ0n) is 16.5. The molecule has 2 aromatic carbocycles. The van der Waals surface area contributed by atoms with Crippen molar-refractivity contribution in [2.75, 3.05) is 0 Å². The van der Waals surface area contributed by atoms with Crippen molar-refractivity contribution in [3.8, 4) is 0 Å². The minimum Gasteiger partial charge on any atom is -0.334 e. The Morgan fingerprint density at radius 2 is 2.07 bits per heavy atom. The van der Waals surface area contributed by atoms with E-state index in [4.69, 9.17) is 0 Å². The van der Waals surface area contributed by atoms with E-state index in [1.165, 1.54) is 16.8 Å². The number of urea groups is 1. The van der Waals surface area contributed by atoms with Gasteiger partial charge in [0.15, 0.2) is 0 Å². The molecule has 1 heterocycles. The lowest BCUT2D eigenvalue weighted by molar-refractivity contribution is 0.235. The first-order valence-corrected chi connectivity index (χ1v) is 10.8. The summed E-state index contributed by atoms with van der Waals surface area (Å²) in [4.78, 5) is 12.5. The molecule has 1 unspecified atom stereocenters. The van der Waals surface area contributed by atoms with Gasteiger partial charge in [-0.15, -0.1) is 0 Å². The molecule has 0 saturated heterocycles. The molecule has 0 radical (unpaired) electrons. The summed E-state index contributed by atoms with van der Waals surface area (Å²) in [5, 5.41) is 10.7. The van der Waals surface area contributed by atoms with E-state index in [-0.39, 0.29) is 12.1 Å². The lowest BCUT2D eigenvalue weighted by atomic mass is 9.93. The molecule has 6 heteroatoms. The fourth-order valence-corrected chi connectivity index (χ4v) is 4.48. The van der Waals surface area contributed by atoms with Crippen LogP contribution in [0.5, 0.6) is 0 Å². The second-order valence-corrected chi connectivity index (χ2v) is 8.41. The number of carbonyl (C=O) groups is 1. The van der Waals surface area contributed by atoms with Crippen molar-refractivity contribution in [1.82, 2.24) is 20.4 Å². The molecule has 2 N–H and O–H groups in total. The summed E-state index contributed by atoms with van der Waals surface area (Å²) in [6.07, 6.45) is 4.89. The zero-order valence-corrected chi connectivity index (χ0v) is 18.1. The monoisotopic (exact) mass is 452 g/mol. The summed E-state index contributed by atoms with van der Waals surface area (Å²) in [6.45, 7) is 3.30. The second-order valence-electron chi connectivity index (χ2n) is 7.56. The summed E-state index contributed by atoms with van der Waals surface area (Å²) in [7, 11) is 0. The first-order valence-electron chi connectivity index (χ1n) is 9.98. The Balaban J connectivity index is 1.40. The van der Waals surface area contributed by atoms with Gasteiger partial charge in [-0.25, -0.2) is 4.79 Å². The zero-order chi connectivity index (χ0) is 20.2. The third-order valence-corrected chi connectivity index (χ3v) is 6.13. The van der Waals surface area contributed by atoms with Crippen LogP contribution in [0.15, 0.2) is 59.2 Å². The second kappa shape index (κ2) is 8.82. The Bertz CT molecular complexity index is 999. The van der Waals surface area contributed by atoms with E-state index in [2.05, 4.69) is 54.5 Å². The summed E-state index contributed by atoms with van der Waals surface area (Å²) in [5.74, 6) is 0. The van der Waals surface area contributed by atoms with Gasteiger partial charge >= 0.3 is 6.03 Å². The van der Waals surface area contributed by atoms with Crippen LogP contribution in [0.25, 0.3) is 0 Å². The summed E-state index contributed by atoms with van der Waals surface area (Å²) in [6, 6.07) is 16.3. The van der Waals surface area contributed by atoms with Gasteiger partial charge in [0.25, 0.3) is 0 Å². The number of benzene rings is 2. The van der Waals surface area contributed by atoms with Crippen molar-refractivity contribution < 1.29 is 4.79 Å². The quantitative estimate of drug-likeness (QED) is 0.579. The highest BCUT2D eigenvalue weighted by atomic mass is 79.9. The van der Waals surface area contributed by atoms with Gasteiger partial charge < -0.3 is 10.6 Å². The van der Waals surface area contributed by atoms with E-state index in [1.54, 1.807) is 0 Å². The van der Waals surface area contributed by atoms with Crippen LogP contribution in [0.1, 0.15) is 46.8 Å². The lowest BCUT2D eigenvalue weighted by Gasteiger charge is -2.24. The topological polar surface area (TPSA) is 59.0 Å². The molecular weight excluding hydrogens is 428 g/mol. The molecule has 1 aromatic heterocycles. The van der Waals surface area contributed by atoms with E-state index in [1.807, 2.05) is 43.5 Å². The number of aromatic nitrogens is 2. The number of carbonyl (C=O) groups excluding carboxylic acids is 1. The van der Waals surface area contributed by atoms with Gasteiger partial charge in [-0.2, -0.15) is 5.10 Å². The van der Waals surface area contributed by atoms with Crippen molar-refractivity contribution >= 4 is 22.0 Å². The van der Waals surface area contributed by atoms with Crippen LogP contribution in [0, 0.1) is 6.92 Å². The van der Waals surface area contributed by atoms with Gasteiger partial charge in [0.1, 0.15) is 0 Å². The number of hydrogen-bond donors (Lipinski definition) is 2. The Hall–Kier alpha value is -2.60. The van der Waals surface area contributed by atoms with Crippen LogP contribution in [-0.4, -0.2) is 15.8 Å².